The molecule has 3 rings (SSSR count). The van der Waals surface area contributed by atoms with Crippen molar-refractivity contribution in [3.63, 3.8) is 0 Å². The lowest BCUT2D eigenvalue weighted by Gasteiger charge is -2.20. The minimum atomic E-state index is -1.06. The molecule has 0 fully saturated rings. The third-order valence-corrected chi connectivity index (χ3v) is 4.50. The Hall–Kier alpha value is -3.48. The molecule has 0 saturated carbocycles. The van der Waals surface area contributed by atoms with Crippen molar-refractivity contribution in [1.82, 2.24) is 0 Å². The molecule has 0 spiro atoms. The summed E-state index contributed by atoms with van der Waals surface area (Å²) in [5.74, 6) is -1.25. The summed E-state index contributed by atoms with van der Waals surface area (Å²) >= 11 is 0. The fourth-order valence-electron chi connectivity index (χ4n) is 3.19. The van der Waals surface area contributed by atoms with Crippen molar-refractivity contribution in [2.45, 2.75) is 19.8 Å². The Morgan fingerprint density at radius 1 is 0.821 bits per heavy atom. The highest BCUT2D eigenvalue weighted by atomic mass is 16.4. The van der Waals surface area contributed by atoms with Crippen LogP contribution in [0.15, 0.2) is 54.8 Å². The zero-order chi connectivity index (χ0) is 20.6. The standard InChI is InChI=1S/C21H21NO6/c1-11-9-15(23)18(20(25)27-11)17(13-5-7-14(8-6-13)22(3)4)19-16(24)10-12(2)28-21(19)26/h5-10,17,23-24H,1-4H3. The van der Waals surface area contributed by atoms with Crippen LogP contribution in [0.5, 0.6) is 11.5 Å². The Morgan fingerprint density at radius 2 is 1.25 bits per heavy atom. The molecule has 0 amide bonds. The highest BCUT2D eigenvalue weighted by Gasteiger charge is 2.30. The second-order valence-electron chi connectivity index (χ2n) is 6.81. The zero-order valence-electron chi connectivity index (χ0n) is 16.0. The second kappa shape index (κ2) is 7.26. The maximum Gasteiger partial charge on any atom is 0.343 e. The molecule has 1 aromatic carbocycles. The third-order valence-electron chi connectivity index (χ3n) is 4.50. The molecular weight excluding hydrogens is 362 g/mol. The zero-order valence-corrected chi connectivity index (χ0v) is 16.0. The number of hydrogen-bond donors (Lipinski definition) is 2. The molecule has 0 radical (unpaired) electrons. The minimum absolute atomic E-state index is 0.144. The van der Waals surface area contributed by atoms with Crippen LogP contribution >= 0.6 is 0 Å². The monoisotopic (exact) mass is 383 g/mol. The molecule has 2 aromatic heterocycles. The fraction of sp³-hybridized carbons (Fsp3) is 0.238. The topological polar surface area (TPSA) is 104 Å². The largest absolute Gasteiger partial charge is 0.507 e. The van der Waals surface area contributed by atoms with Gasteiger partial charge in [0.1, 0.15) is 23.0 Å². The summed E-state index contributed by atoms with van der Waals surface area (Å²) in [5.41, 5.74) is -0.451. The SMILES string of the molecule is Cc1cc(O)c(C(c2ccc(N(C)C)cc2)c2c(O)cc(C)oc2=O)c(=O)o1. The van der Waals surface area contributed by atoms with Gasteiger partial charge in [0.25, 0.3) is 0 Å². The summed E-state index contributed by atoms with van der Waals surface area (Å²) in [7, 11) is 3.76. The van der Waals surface area contributed by atoms with Crippen molar-refractivity contribution in [3.05, 3.63) is 85.4 Å². The number of hydrogen-bond acceptors (Lipinski definition) is 7. The quantitative estimate of drug-likeness (QED) is 0.714. The lowest BCUT2D eigenvalue weighted by Crippen LogP contribution is -2.21. The molecular formula is C21H21NO6. The Labute approximate surface area is 161 Å². The van der Waals surface area contributed by atoms with Crippen LogP contribution in [0.2, 0.25) is 0 Å². The maximum atomic E-state index is 12.6. The van der Waals surface area contributed by atoms with Gasteiger partial charge in [-0.3, -0.25) is 0 Å². The second-order valence-corrected chi connectivity index (χ2v) is 6.81. The van der Waals surface area contributed by atoms with E-state index in [0.29, 0.717) is 5.56 Å². The summed E-state index contributed by atoms with van der Waals surface area (Å²) in [6, 6.07) is 9.65. The number of aromatic hydroxyl groups is 2. The minimum Gasteiger partial charge on any atom is -0.507 e. The van der Waals surface area contributed by atoms with Crippen LogP contribution in [0.3, 0.4) is 0 Å². The van der Waals surface area contributed by atoms with E-state index in [-0.39, 0.29) is 34.1 Å². The highest BCUT2D eigenvalue weighted by molar-refractivity contribution is 5.54. The molecule has 0 aliphatic carbocycles. The van der Waals surface area contributed by atoms with Gasteiger partial charge in [0.15, 0.2) is 0 Å². The third kappa shape index (κ3) is 3.51. The van der Waals surface area contributed by atoms with Crippen LogP contribution in [0.4, 0.5) is 5.69 Å². The Balaban J connectivity index is 2.33. The first-order valence-electron chi connectivity index (χ1n) is 8.63. The molecule has 0 aliphatic heterocycles. The molecule has 3 aromatic rings. The number of benzene rings is 1. The van der Waals surface area contributed by atoms with Crippen molar-refractivity contribution in [3.8, 4) is 11.5 Å². The van der Waals surface area contributed by atoms with Crippen LogP contribution in [0.25, 0.3) is 0 Å². The first-order chi connectivity index (χ1) is 13.2. The molecule has 2 heterocycles. The molecule has 28 heavy (non-hydrogen) atoms. The van der Waals surface area contributed by atoms with Gasteiger partial charge >= 0.3 is 11.3 Å². The molecule has 7 nitrogen and oxygen atoms in total. The van der Waals surface area contributed by atoms with E-state index >= 15 is 0 Å². The van der Waals surface area contributed by atoms with Gasteiger partial charge in [-0.25, -0.2) is 9.59 Å². The van der Waals surface area contributed by atoms with E-state index in [1.165, 1.54) is 26.0 Å². The van der Waals surface area contributed by atoms with E-state index in [9.17, 15) is 19.8 Å². The lowest BCUT2D eigenvalue weighted by atomic mass is 9.85. The summed E-state index contributed by atoms with van der Waals surface area (Å²) in [6.45, 7) is 3.06. The van der Waals surface area contributed by atoms with Crippen molar-refractivity contribution < 1.29 is 19.0 Å². The molecule has 0 aliphatic rings. The average molecular weight is 383 g/mol. The fourth-order valence-corrected chi connectivity index (χ4v) is 3.19. The van der Waals surface area contributed by atoms with Crippen molar-refractivity contribution in [1.29, 1.82) is 0 Å². The van der Waals surface area contributed by atoms with Gasteiger partial charge in [0.05, 0.1) is 17.0 Å². The lowest BCUT2D eigenvalue weighted by molar-refractivity contribution is 0.407. The smallest absolute Gasteiger partial charge is 0.343 e. The molecule has 0 unspecified atom stereocenters. The summed E-state index contributed by atoms with van der Waals surface area (Å²) in [4.78, 5) is 27.0. The molecule has 2 N–H and O–H groups in total. The van der Waals surface area contributed by atoms with Gasteiger partial charge in [0, 0.05) is 31.9 Å². The van der Waals surface area contributed by atoms with Gasteiger partial charge in [-0.15, -0.1) is 0 Å². The van der Waals surface area contributed by atoms with Gasteiger partial charge in [-0.2, -0.15) is 0 Å². The summed E-state index contributed by atoms with van der Waals surface area (Å²) in [6.07, 6.45) is 0. The number of rotatable bonds is 4. The predicted molar refractivity (Wildman–Crippen MR) is 104 cm³/mol. The molecule has 0 bridgehead atoms. The Kier molecular flexibility index (Phi) is 5.00. The number of aryl methyl sites for hydroxylation is 2. The van der Waals surface area contributed by atoms with Gasteiger partial charge in [-0.05, 0) is 31.5 Å². The number of nitrogens with zero attached hydrogens (tertiary/aromatic N) is 1. The van der Waals surface area contributed by atoms with Gasteiger partial charge in [-0.1, -0.05) is 12.1 Å². The molecule has 0 atom stereocenters. The van der Waals surface area contributed by atoms with Crippen LogP contribution in [-0.2, 0) is 0 Å². The van der Waals surface area contributed by atoms with Crippen molar-refractivity contribution in [2.24, 2.45) is 0 Å². The van der Waals surface area contributed by atoms with Crippen LogP contribution < -0.4 is 16.2 Å². The maximum absolute atomic E-state index is 12.6. The first-order valence-corrected chi connectivity index (χ1v) is 8.63. The first kappa shape index (κ1) is 19.3. The van der Waals surface area contributed by atoms with E-state index in [0.717, 1.165) is 5.69 Å². The highest BCUT2D eigenvalue weighted by Crippen LogP contribution is 2.38. The summed E-state index contributed by atoms with van der Waals surface area (Å²) in [5, 5.41) is 20.9. The van der Waals surface area contributed by atoms with Gasteiger partial charge in [0.2, 0.25) is 0 Å². The number of anilines is 1. The van der Waals surface area contributed by atoms with Crippen LogP contribution in [0, 0.1) is 13.8 Å². The van der Waals surface area contributed by atoms with Crippen LogP contribution in [0.1, 0.15) is 34.1 Å². The van der Waals surface area contributed by atoms with E-state index in [1.54, 1.807) is 12.1 Å². The van der Waals surface area contributed by atoms with Gasteiger partial charge < -0.3 is 23.9 Å². The predicted octanol–water partition coefficient (Wildman–Crippen LogP) is 2.87. The van der Waals surface area contributed by atoms with E-state index in [1.807, 2.05) is 31.1 Å². The molecule has 7 heteroatoms. The van der Waals surface area contributed by atoms with Crippen molar-refractivity contribution >= 4 is 5.69 Å². The average Bonchev–Trinajstić information content (AvgIpc) is 2.58. The van der Waals surface area contributed by atoms with E-state index in [4.69, 9.17) is 8.83 Å². The molecule has 0 saturated heterocycles. The van der Waals surface area contributed by atoms with Crippen molar-refractivity contribution in [2.75, 3.05) is 19.0 Å². The van der Waals surface area contributed by atoms with E-state index in [2.05, 4.69) is 0 Å². The Bertz CT molecular complexity index is 1060. The van der Waals surface area contributed by atoms with Crippen LogP contribution in [-0.4, -0.2) is 24.3 Å². The molecule has 146 valence electrons. The van der Waals surface area contributed by atoms with E-state index < -0.39 is 17.2 Å². The summed E-state index contributed by atoms with van der Waals surface area (Å²) < 4.78 is 10.3. The Morgan fingerprint density at radius 3 is 1.61 bits per heavy atom. The normalized spacial score (nSPS) is 11.0.